The van der Waals surface area contributed by atoms with Gasteiger partial charge >= 0.3 is 0 Å². The maximum Gasteiger partial charge on any atom is 0.0487 e. The molecule has 0 aliphatic heterocycles. The summed E-state index contributed by atoms with van der Waals surface area (Å²) in [5, 5.41) is 9.13. The summed E-state index contributed by atoms with van der Waals surface area (Å²) in [6.07, 6.45) is 4.94. The fourth-order valence-electron chi connectivity index (χ4n) is 1.62. The first-order chi connectivity index (χ1) is 5.18. The van der Waals surface area contributed by atoms with Gasteiger partial charge in [-0.05, 0) is 45.3 Å². The van der Waals surface area contributed by atoms with Crippen LogP contribution in [0.25, 0.3) is 0 Å². The van der Waals surface area contributed by atoms with Crippen molar-refractivity contribution in [2.45, 2.75) is 25.7 Å². The molecule has 0 bridgehead atoms. The van der Waals surface area contributed by atoms with Crippen LogP contribution in [0.15, 0.2) is 0 Å². The summed E-state index contributed by atoms with van der Waals surface area (Å²) in [5.74, 6) is 0. The molecule has 1 saturated carbocycles. The standard InChI is InChI=1S/C9H19NO/c1-10(2)7-6-9(8-11)4-3-5-9/h11H,3-8H2,1-2H3. The third-order valence-electron chi connectivity index (χ3n) is 2.84. The van der Waals surface area contributed by atoms with Gasteiger partial charge in [-0.1, -0.05) is 6.42 Å². The van der Waals surface area contributed by atoms with E-state index in [0.717, 1.165) is 13.0 Å². The topological polar surface area (TPSA) is 23.5 Å². The maximum atomic E-state index is 9.13. The Morgan fingerprint density at radius 1 is 1.36 bits per heavy atom. The normalized spacial score (nSPS) is 21.8. The molecular formula is C9H19NO. The number of nitrogens with zero attached hydrogens (tertiary/aromatic N) is 1. The van der Waals surface area contributed by atoms with E-state index in [1.54, 1.807) is 0 Å². The van der Waals surface area contributed by atoms with E-state index in [2.05, 4.69) is 19.0 Å². The Morgan fingerprint density at radius 2 is 2.00 bits per heavy atom. The Hall–Kier alpha value is -0.0800. The predicted octanol–water partition coefficient (Wildman–Crippen LogP) is 1.10. The summed E-state index contributed by atoms with van der Waals surface area (Å²) < 4.78 is 0. The van der Waals surface area contributed by atoms with Crippen LogP contribution >= 0.6 is 0 Å². The number of hydrogen-bond donors (Lipinski definition) is 1. The highest BCUT2D eigenvalue weighted by atomic mass is 16.3. The number of rotatable bonds is 4. The van der Waals surface area contributed by atoms with Gasteiger partial charge in [0.1, 0.15) is 0 Å². The van der Waals surface area contributed by atoms with Crippen molar-refractivity contribution in [2.24, 2.45) is 5.41 Å². The van der Waals surface area contributed by atoms with Crippen molar-refractivity contribution in [3.63, 3.8) is 0 Å². The second-order valence-electron chi connectivity index (χ2n) is 4.06. The number of aliphatic hydroxyl groups is 1. The molecule has 0 aromatic heterocycles. The maximum absolute atomic E-state index is 9.13. The van der Waals surface area contributed by atoms with Crippen molar-refractivity contribution in [1.82, 2.24) is 4.90 Å². The van der Waals surface area contributed by atoms with Crippen molar-refractivity contribution in [2.75, 3.05) is 27.2 Å². The lowest BCUT2D eigenvalue weighted by Gasteiger charge is -2.41. The molecule has 1 aliphatic carbocycles. The summed E-state index contributed by atoms with van der Waals surface area (Å²) >= 11 is 0. The van der Waals surface area contributed by atoms with Crippen LogP contribution in [-0.2, 0) is 0 Å². The third-order valence-corrected chi connectivity index (χ3v) is 2.84. The predicted molar refractivity (Wildman–Crippen MR) is 46.5 cm³/mol. The number of aliphatic hydroxyl groups excluding tert-OH is 1. The van der Waals surface area contributed by atoms with Gasteiger partial charge in [-0.15, -0.1) is 0 Å². The van der Waals surface area contributed by atoms with Gasteiger partial charge in [0.25, 0.3) is 0 Å². The van der Waals surface area contributed by atoms with Crippen molar-refractivity contribution in [3.8, 4) is 0 Å². The lowest BCUT2D eigenvalue weighted by molar-refractivity contribution is 0.0299. The molecule has 1 rings (SSSR count). The van der Waals surface area contributed by atoms with E-state index in [-0.39, 0.29) is 0 Å². The van der Waals surface area contributed by atoms with Crippen LogP contribution in [0.3, 0.4) is 0 Å². The Kier molecular flexibility index (Phi) is 2.90. The Labute approximate surface area is 69.2 Å². The van der Waals surface area contributed by atoms with E-state index in [0.29, 0.717) is 12.0 Å². The minimum absolute atomic E-state index is 0.310. The summed E-state index contributed by atoms with van der Waals surface area (Å²) in [4.78, 5) is 2.19. The average molecular weight is 157 g/mol. The van der Waals surface area contributed by atoms with Crippen LogP contribution < -0.4 is 0 Å². The van der Waals surface area contributed by atoms with Crippen molar-refractivity contribution in [3.05, 3.63) is 0 Å². The molecule has 0 radical (unpaired) electrons. The van der Waals surface area contributed by atoms with Crippen LogP contribution in [0.2, 0.25) is 0 Å². The highest BCUT2D eigenvalue weighted by Crippen LogP contribution is 2.43. The summed E-state index contributed by atoms with van der Waals surface area (Å²) in [7, 11) is 4.17. The minimum Gasteiger partial charge on any atom is -0.396 e. The van der Waals surface area contributed by atoms with E-state index < -0.39 is 0 Å². The largest absolute Gasteiger partial charge is 0.396 e. The number of hydrogen-bond acceptors (Lipinski definition) is 2. The van der Waals surface area contributed by atoms with Gasteiger partial charge < -0.3 is 10.0 Å². The lowest BCUT2D eigenvalue weighted by atomic mass is 9.67. The fraction of sp³-hybridized carbons (Fsp3) is 1.00. The van der Waals surface area contributed by atoms with Crippen molar-refractivity contribution < 1.29 is 5.11 Å². The van der Waals surface area contributed by atoms with Gasteiger partial charge in [0, 0.05) is 6.61 Å². The monoisotopic (exact) mass is 157 g/mol. The van der Waals surface area contributed by atoms with Crippen LogP contribution in [0.4, 0.5) is 0 Å². The van der Waals surface area contributed by atoms with Gasteiger partial charge in [0.2, 0.25) is 0 Å². The van der Waals surface area contributed by atoms with Crippen LogP contribution in [0, 0.1) is 5.41 Å². The van der Waals surface area contributed by atoms with Crippen LogP contribution in [-0.4, -0.2) is 37.3 Å². The second-order valence-corrected chi connectivity index (χ2v) is 4.06. The van der Waals surface area contributed by atoms with Gasteiger partial charge in [0.05, 0.1) is 0 Å². The SMILES string of the molecule is CN(C)CCC1(CO)CCC1. The lowest BCUT2D eigenvalue weighted by Crippen LogP contribution is -2.36. The molecule has 0 atom stereocenters. The molecule has 2 heteroatoms. The second kappa shape index (κ2) is 3.55. The molecule has 0 heterocycles. The molecule has 0 unspecified atom stereocenters. The molecule has 2 nitrogen and oxygen atoms in total. The molecule has 11 heavy (non-hydrogen) atoms. The van der Waals surface area contributed by atoms with Crippen LogP contribution in [0.1, 0.15) is 25.7 Å². The molecule has 0 aromatic carbocycles. The highest BCUT2D eigenvalue weighted by molar-refractivity contribution is 4.87. The van der Waals surface area contributed by atoms with Crippen molar-refractivity contribution in [1.29, 1.82) is 0 Å². The molecule has 1 N–H and O–H groups in total. The average Bonchev–Trinajstić information content (AvgIpc) is 1.86. The Morgan fingerprint density at radius 3 is 2.27 bits per heavy atom. The molecule has 66 valence electrons. The first-order valence-electron chi connectivity index (χ1n) is 4.44. The zero-order chi connectivity index (χ0) is 8.32. The van der Waals surface area contributed by atoms with E-state index in [1.807, 2.05) is 0 Å². The van der Waals surface area contributed by atoms with Gasteiger partial charge in [-0.2, -0.15) is 0 Å². The summed E-state index contributed by atoms with van der Waals surface area (Å²) in [6.45, 7) is 1.50. The molecule has 0 spiro atoms. The van der Waals surface area contributed by atoms with E-state index in [1.165, 1.54) is 19.3 Å². The van der Waals surface area contributed by atoms with Gasteiger partial charge in [-0.3, -0.25) is 0 Å². The minimum atomic E-state index is 0.310. The zero-order valence-electron chi connectivity index (χ0n) is 7.64. The van der Waals surface area contributed by atoms with E-state index in [4.69, 9.17) is 5.11 Å². The van der Waals surface area contributed by atoms with Crippen LogP contribution in [0.5, 0.6) is 0 Å². The molecular weight excluding hydrogens is 138 g/mol. The van der Waals surface area contributed by atoms with Gasteiger partial charge in [-0.25, -0.2) is 0 Å². The first kappa shape index (κ1) is 9.01. The third kappa shape index (κ3) is 2.17. The molecule has 1 aliphatic rings. The summed E-state index contributed by atoms with van der Waals surface area (Å²) in [5.41, 5.74) is 0.310. The molecule has 0 aromatic rings. The highest BCUT2D eigenvalue weighted by Gasteiger charge is 2.35. The first-order valence-corrected chi connectivity index (χ1v) is 4.44. The Balaban J connectivity index is 2.22. The fourth-order valence-corrected chi connectivity index (χ4v) is 1.62. The van der Waals surface area contributed by atoms with E-state index in [9.17, 15) is 0 Å². The zero-order valence-corrected chi connectivity index (χ0v) is 7.64. The molecule has 0 saturated heterocycles. The smallest absolute Gasteiger partial charge is 0.0487 e. The quantitative estimate of drug-likeness (QED) is 0.660. The molecule has 1 fully saturated rings. The summed E-state index contributed by atoms with van der Waals surface area (Å²) in [6, 6.07) is 0. The molecule has 0 amide bonds. The van der Waals surface area contributed by atoms with Crippen molar-refractivity contribution >= 4 is 0 Å². The van der Waals surface area contributed by atoms with E-state index >= 15 is 0 Å². The Bertz CT molecular complexity index is 113. The van der Waals surface area contributed by atoms with Gasteiger partial charge in [0.15, 0.2) is 0 Å².